The fourth-order valence-corrected chi connectivity index (χ4v) is 6.44. The van der Waals surface area contributed by atoms with Crippen LogP contribution in [0.1, 0.15) is 30.4 Å². The van der Waals surface area contributed by atoms with Gasteiger partial charge in [-0.3, -0.25) is 9.36 Å². The minimum absolute atomic E-state index is 0.0857. The van der Waals surface area contributed by atoms with Crippen molar-refractivity contribution in [1.29, 1.82) is 0 Å². The largest absolute Gasteiger partial charge is 0.497 e. The van der Waals surface area contributed by atoms with Crippen LogP contribution in [0.4, 0.5) is 10.1 Å². The van der Waals surface area contributed by atoms with Crippen molar-refractivity contribution in [2.45, 2.75) is 37.9 Å². The van der Waals surface area contributed by atoms with Crippen LogP contribution in [-0.2, 0) is 22.6 Å². The maximum absolute atomic E-state index is 14.2. The number of aromatic nitrogens is 2. The minimum atomic E-state index is -0.685. The van der Waals surface area contributed by atoms with E-state index in [1.54, 1.807) is 23.8 Å². The van der Waals surface area contributed by atoms with E-state index >= 15 is 0 Å². The van der Waals surface area contributed by atoms with E-state index in [2.05, 4.69) is 21.4 Å². The second kappa shape index (κ2) is 11.5. The SMILES string of the molecule is C=C(OC)c1cccc(CN2CN(c3ccc(F)cc3)C3(CCN(CCCn4c(=O)[nH]c5ccccc54)CC3)C2=O)c1. The van der Waals surface area contributed by atoms with E-state index < -0.39 is 5.54 Å². The van der Waals surface area contributed by atoms with E-state index in [-0.39, 0.29) is 17.4 Å². The summed E-state index contributed by atoms with van der Waals surface area (Å²) < 4.78 is 20.9. The van der Waals surface area contributed by atoms with Crippen molar-refractivity contribution in [3.05, 3.63) is 107 Å². The van der Waals surface area contributed by atoms with Crippen molar-refractivity contribution >= 4 is 28.4 Å². The van der Waals surface area contributed by atoms with Crippen LogP contribution in [0.2, 0.25) is 0 Å². The average Bonchev–Trinajstić information content (AvgIpc) is 3.47. The van der Waals surface area contributed by atoms with Crippen molar-refractivity contribution in [2.75, 3.05) is 38.3 Å². The van der Waals surface area contributed by atoms with Crippen molar-refractivity contribution in [3.63, 3.8) is 0 Å². The number of halogens is 1. The number of hydrogen-bond acceptors (Lipinski definition) is 5. The average molecular weight is 570 g/mol. The maximum atomic E-state index is 14.2. The van der Waals surface area contributed by atoms with Gasteiger partial charge < -0.3 is 24.4 Å². The Balaban J connectivity index is 1.16. The number of benzene rings is 3. The number of rotatable bonds is 9. The maximum Gasteiger partial charge on any atom is 0.326 e. The van der Waals surface area contributed by atoms with Gasteiger partial charge in [0.1, 0.15) is 17.1 Å². The Labute approximate surface area is 244 Å². The minimum Gasteiger partial charge on any atom is -0.497 e. The Morgan fingerprint density at radius 3 is 2.52 bits per heavy atom. The number of hydrogen-bond donors (Lipinski definition) is 1. The molecule has 2 aliphatic heterocycles. The monoisotopic (exact) mass is 569 g/mol. The highest BCUT2D eigenvalue weighted by Gasteiger charge is 2.53. The summed E-state index contributed by atoms with van der Waals surface area (Å²) in [5.74, 6) is 0.387. The number of piperidine rings is 1. The topological polar surface area (TPSA) is 73.8 Å². The Bertz CT molecular complexity index is 1650. The molecule has 42 heavy (non-hydrogen) atoms. The van der Waals surface area contributed by atoms with Gasteiger partial charge in [-0.25, -0.2) is 9.18 Å². The summed E-state index contributed by atoms with van der Waals surface area (Å²) in [5.41, 5.74) is 3.73. The van der Waals surface area contributed by atoms with Crippen LogP contribution in [0.3, 0.4) is 0 Å². The molecule has 4 aromatic rings. The molecule has 2 fully saturated rings. The third-order valence-corrected chi connectivity index (χ3v) is 8.74. The molecule has 2 saturated heterocycles. The Morgan fingerprint density at radius 1 is 1.00 bits per heavy atom. The van der Waals surface area contributed by atoms with Crippen molar-refractivity contribution in [2.24, 2.45) is 0 Å². The number of fused-ring (bicyclic) bond motifs is 1. The Hall–Kier alpha value is -4.37. The van der Waals surface area contributed by atoms with E-state index in [0.29, 0.717) is 38.4 Å². The molecule has 1 spiro atoms. The number of aryl methyl sites for hydroxylation is 1. The molecule has 0 radical (unpaired) electrons. The number of imidazole rings is 1. The number of ether oxygens (including phenoxy) is 1. The first-order valence-electron chi connectivity index (χ1n) is 14.4. The molecule has 0 saturated carbocycles. The predicted octanol–water partition coefficient (Wildman–Crippen LogP) is 4.82. The third kappa shape index (κ3) is 5.20. The molecule has 8 nitrogen and oxygen atoms in total. The number of amides is 1. The lowest BCUT2D eigenvalue weighted by atomic mass is 9.85. The zero-order chi connectivity index (χ0) is 29.3. The summed E-state index contributed by atoms with van der Waals surface area (Å²) >= 11 is 0. The number of likely N-dealkylation sites (tertiary alicyclic amines) is 1. The number of H-pyrrole nitrogens is 1. The van der Waals surface area contributed by atoms with E-state index in [1.165, 1.54) is 12.1 Å². The van der Waals surface area contributed by atoms with E-state index in [0.717, 1.165) is 53.9 Å². The van der Waals surface area contributed by atoms with Gasteiger partial charge >= 0.3 is 5.69 Å². The van der Waals surface area contributed by atoms with Crippen LogP contribution in [0.5, 0.6) is 0 Å². The summed E-state index contributed by atoms with van der Waals surface area (Å²) in [7, 11) is 1.60. The fraction of sp³-hybridized carbons (Fsp3) is 0.333. The number of carbonyl (C=O) groups is 1. The summed E-state index contributed by atoms with van der Waals surface area (Å²) in [5, 5.41) is 0. The number of nitrogens with one attached hydrogen (secondary N) is 1. The molecule has 1 N–H and O–H groups in total. The van der Waals surface area contributed by atoms with Crippen LogP contribution in [0.25, 0.3) is 16.8 Å². The highest BCUT2D eigenvalue weighted by Crippen LogP contribution is 2.40. The third-order valence-electron chi connectivity index (χ3n) is 8.74. The van der Waals surface area contributed by atoms with Crippen LogP contribution in [0, 0.1) is 5.82 Å². The van der Waals surface area contributed by atoms with Gasteiger partial charge in [-0.05, 0) is 73.8 Å². The second-order valence-corrected chi connectivity index (χ2v) is 11.2. The van der Waals surface area contributed by atoms with E-state index in [9.17, 15) is 14.0 Å². The summed E-state index contributed by atoms with van der Waals surface area (Å²) in [6.45, 7) is 7.86. The lowest BCUT2D eigenvalue weighted by Crippen LogP contribution is -2.56. The van der Waals surface area contributed by atoms with Gasteiger partial charge in [0.2, 0.25) is 5.91 Å². The predicted molar refractivity (Wildman–Crippen MR) is 162 cm³/mol. The molecule has 1 amide bonds. The molecule has 3 heterocycles. The summed E-state index contributed by atoms with van der Waals surface area (Å²) in [4.78, 5) is 36.0. The first-order chi connectivity index (χ1) is 20.4. The van der Waals surface area contributed by atoms with Crippen molar-refractivity contribution in [3.8, 4) is 0 Å². The fourth-order valence-electron chi connectivity index (χ4n) is 6.44. The molecule has 218 valence electrons. The molecule has 3 aromatic carbocycles. The normalized spacial score (nSPS) is 17.0. The van der Waals surface area contributed by atoms with Gasteiger partial charge in [-0.1, -0.05) is 36.9 Å². The highest BCUT2D eigenvalue weighted by molar-refractivity contribution is 5.93. The number of anilines is 1. The van der Waals surface area contributed by atoms with E-state index in [1.807, 2.05) is 53.4 Å². The molecular weight excluding hydrogens is 533 g/mol. The second-order valence-electron chi connectivity index (χ2n) is 11.2. The molecule has 2 aliphatic rings. The number of nitrogens with zero attached hydrogens (tertiary/aromatic N) is 4. The first kappa shape index (κ1) is 27.8. The number of aromatic amines is 1. The van der Waals surface area contributed by atoms with Crippen LogP contribution in [0.15, 0.2) is 84.2 Å². The molecule has 0 aliphatic carbocycles. The molecule has 0 atom stereocenters. The van der Waals surface area contributed by atoms with Gasteiger partial charge in [0, 0.05) is 37.4 Å². The lowest BCUT2D eigenvalue weighted by molar-refractivity contribution is -0.134. The zero-order valence-corrected chi connectivity index (χ0v) is 23.9. The smallest absolute Gasteiger partial charge is 0.326 e. The Morgan fingerprint density at radius 2 is 1.76 bits per heavy atom. The molecular formula is C33H36FN5O3. The standard InChI is InChI=1S/C33H36FN5O3/c1-24(42-2)26-8-5-7-25(21-26)22-37-23-39(28-13-11-27(34)12-14-28)33(31(37)40)15-19-36(20-16-33)17-6-18-38-30-10-4-3-9-29(30)35-32(38)41/h3-5,7-14,21H,1,6,15-20,22-23H2,2H3,(H,35,41). The number of para-hydroxylation sites is 2. The molecule has 1 aromatic heterocycles. The van der Waals surface area contributed by atoms with Crippen LogP contribution < -0.4 is 10.6 Å². The van der Waals surface area contributed by atoms with Crippen LogP contribution >= 0.6 is 0 Å². The molecule has 0 bridgehead atoms. The molecule has 0 unspecified atom stereocenters. The first-order valence-corrected chi connectivity index (χ1v) is 14.4. The number of carbonyl (C=O) groups excluding carboxylic acids is 1. The number of methoxy groups -OCH3 is 1. The van der Waals surface area contributed by atoms with Crippen LogP contribution in [-0.4, -0.2) is 64.2 Å². The zero-order valence-electron chi connectivity index (χ0n) is 23.9. The molecule has 9 heteroatoms. The van der Waals surface area contributed by atoms with Gasteiger partial charge in [-0.15, -0.1) is 0 Å². The van der Waals surface area contributed by atoms with Crippen molar-refractivity contribution < 1.29 is 13.9 Å². The van der Waals surface area contributed by atoms with Gasteiger partial charge in [0.15, 0.2) is 0 Å². The highest BCUT2D eigenvalue weighted by atomic mass is 19.1. The summed E-state index contributed by atoms with van der Waals surface area (Å²) in [6, 6.07) is 22.1. The van der Waals surface area contributed by atoms with Gasteiger partial charge in [0.05, 0.1) is 24.8 Å². The van der Waals surface area contributed by atoms with Gasteiger partial charge in [0.25, 0.3) is 0 Å². The quantitative estimate of drug-likeness (QED) is 0.293. The lowest BCUT2D eigenvalue weighted by Gasteiger charge is -2.43. The summed E-state index contributed by atoms with van der Waals surface area (Å²) in [6.07, 6.45) is 2.18. The molecule has 6 rings (SSSR count). The van der Waals surface area contributed by atoms with Crippen molar-refractivity contribution in [1.82, 2.24) is 19.4 Å². The Kier molecular flexibility index (Phi) is 7.60. The van der Waals surface area contributed by atoms with E-state index in [4.69, 9.17) is 4.74 Å². The van der Waals surface area contributed by atoms with Gasteiger partial charge in [-0.2, -0.15) is 0 Å².